The Kier molecular flexibility index (Phi) is 5.03. The predicted octanol–water partition coefficient (Wildman–Crippen LogP) is 2.16. The van der Waals surface area contributed by atoms with Crippen LogP contribution in [0.4, 0.5) is 5.69 Å². The maximum absolute atomic E-state index is 12.4. The van der Waals surface area contributed by atoms with Crippen molar-refractivity contribution in [2.45, 2.75) is 32.3 Å². The van der Waals surface area contributed by atoms with Crippen LogP contribution in [-0.4, -0.2) is 29.6 Å². The van der Waals surface area contributed by atoms with E-state index in [1.165, 1.54) is 12.1 Å². The lowest BCUT2D eigenvalue weighted by Gasteiger charge is -2.35. The summed E-state index contributed by atoms with van der Waals surface area (Å²) in [6.45, 7) is 5.80. The number of rotatable bonds is 4. The van der Waals surface area contributed by atoms with Crippen LogP contribution in [0.2, 0.25) is 5.02 Å². The number of non-ortho nitro benzene ring substituents is 1. The van der Waals surface area contributed by atoms with E-state index in [1.54, 1.807) is 0 Å². The molecule has 0 bridgehead atoms. The summed E-state index contributed by atoms with van der Waals surface area (Å²) in [6, 6.07) is 3.77. The number of halogens is 1. The van der Waals surface area contributed by atoms with Gasteiger partial charge in [-0.3, -0.25) is 10.1 Å². The molecule has 1 aromatic rings. The van der Waals surface area contributed by atoms with E-state index in [1.807, 2.05) is 13.8 Å². The van der Waals surface area contributed by atoms with Gasteiger partial charge in [-0.15, -0.1) is 0 Å². The lowest BCUT2D eigenvalue weighted by Crippen LogP contribution is -2.86. The number of carbonyl (C=O) groups excluding carboxylic acids is 1. The van der Waals surface area contributed by atoms with Crippen LogP contribution in [0.3, 0.4) is 0 Å². The Morgan fingerprint density at radius 3 is 2.64 bits per heavy atom. The fourth-order valence-electron chi connectivity index (χ4n) is 2.78. The monoisotopic (exact) mass is 327 g/mol. The van der Waals surface area contributed by atoms with Gasteiger partial charge in [0.1, 0.15) is 5.60 Å². The lowest BCUT2D eigenvalue weighted by atomic mass is 9.83. The highest BCUT2D eigenvalue weighted by Gasteiger charge is 2.36. The molecule has 0 radical (unpaired) electrons. The van der Waals surface area contributed by atoms with Crippen LogP contribution in [0.25, 0.3) is 0 Å². The van der Waals surface area contributed by atoms with Crippen molar-refractivity contribution in [3.8, 4) is 0 Å². The van der Waals surface area contributed by atoms with E-state index in [9.17, 15) is 14.9 Å². The van der Waals surface area contributed by atoms with Crippen molar-refractivity contribution in [1.82, 2.24) is 0 Å². The molecule has 0 aromatic heterocycles. The van der Waals surface area contributed by atoms with Crippen molar-refractivity contribution in [2.75, 3.05) is 13.1 Å². The number of ether oxygens (including phenoxy) is 1. The molecule has 1 saturated heterocycles. The molecule has 1 fully saturated rings. The first kappa shape index (κ1) is 16.7. The molecule has 0 unspecified atom stereocenters. The molecule has 1 heterocycles. The number of nitro benzene ring substituents is 1. The van der Waals surface area contributed by atoms with E-state index in [-0.39, 0.29) is 22.2 Å². The van der Waals surface area contributed by atoms with Gasteiger partial charge in [0, 0.05) is 30.9 Å². The summed E-state index contributed by atoms with van der Waals surface area (Å²) in [4.78, 5) is 22.6. The highest BCUT2D eigenvalue weighted by Crippen LogP contribution is 2.30. The van der Waals surface area contributed by atoms with Crippen LogP contribution in [-0.2, 0) is 4.74 Å². The number of nitrogens with two attached hydrogens (primary N) is 1. The van der Waals surface area contributed by atoms with Crippen molar-refractivity contribution in [1.29, 1.82) is 0 Å². The van der Waals surface area contributed by atoms with Gasteiger partial charge < -0.3 is 10.1 Å². The van der Waals surface area contributed by atoms with Gasteiger partial charge in [0.25, 0.3) is 5.69 Å². The zero-order valence-corrected chi connectivity index (χ0v) is 13.4. The van der Waals surface area contributed by atoms with E-state index in [0.717, 1.165) is 32.0 Å². The fourth-order valence-corrected chi connectivity index (χ4v) is 2.98. The van der Waals surface area contributed by atoms with Gasteiger partial charge in [-0.2, -0.15) is 0 Å². The Morgan fingerprint density at radius 1 is 1.41 bits per heavy atom. The van der Waals surface area contributed by atoms with Crippen molar-refractivity contribution in [2.24, 2.45) is 5.92 Å². The minimum absolute atomic E-state index is 0.0336. The zero-order chi connectivity index (χ0) is 16.3. The molecule has 7 heteroatoms. The molecule has 0 saturated carbocycles. The summed E-state index contributed by atoms with van der Waals surface area (Å²) >= 11 is 5.98. The molecule has 1 aliphatic heterocycles. The van der Waals surface area contributed by atoms with Gasteiger partial charge in [-0.05, 0) is 19.9 Å². The van der Waals surface area contributed by atoms with E-state index in [2.05, 4.69) is 5.32 Å². The number of carbonyl (C=O) groups is 1. The second-order valence-electron chi connectivity index (χ2n) is 6.05. The van der Waals surface area contributed by atoms with Crippen LogP contribution < -0.4 is 5.32 Å². The summed E-state index contributed by atoms with van der Waals surface area (Å²) in [5.74, 6) is -0.341. The summed E-state index contributed by atoms with van der Waals surface area (Å²) in [5.41, 5.74) is -0.771. The standard InChI is InChI=1S/C15H19ClN2O4/c1-15(2,10-5-7-17-8-6-10)22-14(19)12-9-11(18(20)21)3-4-13(12)16/h3-4,9-10,17H,5-8H2,1-2H3/p+1. The number of piperidine rings is 1. The van der Waals surface area contributed by atoms with Gasteiger partial charge in [0.15, 0.2) is 0 Å². The Balaban J connectivity index is 2.17. The second-order valence-corrected chi connectivity index (χ2v) is 6.46. The number of quaternary nitrogens is 1. The van der Waals surface area contributed by atoms with Gasteiger partial charge in [0.05, 0.1) is 28.6 Å². The number of hydrogen-bond acceptors (Lipinski definition) is 4. The molecular formula is C15H20ClN2O4+. The van der Waals surface area contributed by atoms with Gasteiger partial charge in [-0.25, -0.2) is 4.79 Å². The molecule has 2 N–H and O–H groups in total. The molecule has 22 heavy (non-hydrogen) atoms. The van der Waals surface area contributed by atoms with Crippen molar-refractivity contribution in [3.63, 3.8) is 0 Å². The predicted molar refractivity (Wildman–Crippen MR) is 82.0 cm³/mol. The average Bonchev–Trinajstić information content (AvgIpc) is 2.47. The number of nitrogens with zero attached hydrogens (tertiary/aromatic N) is 1. The number of hydrogen-bond donors (Lipinski definition) is 1. The Labute approximate surface area is 133 Å². The van der Waals surface area contributed by atoms with Crippen LogP contribution in [0.1, 0.15) is 37.0 Å². The van der Waals surface area contributed by atoms with Crippen molar-refractivity contribution < 1.29 is 19.8 Å². The summed E-state index contributed by atoms with van der Waals surface area (Å²) in [7, 11) is 0. The molecule has 0 atom stereocenters. The maximum Gasteiger partial charge on any atom is 0.340 e. The van der Waals surface area contributed by atoms with Gasteiger partial charge in [0.2, 0.25) is 0 Å². The average molecular weight is 328 g/mol. The van der Waals surface area contributed by atoms with Crippen molar-refractivity contribution in [3.05, 3.63) is 38.9 Å². The molecule has 0 spiro atoms. The molecule has 120 valence electrons. The van der Waals surface area contributed by atoms with Gasteiger partial charge in [-0.1, -0.05) is 11.6 Å². The third-order valence-electron chi connectivity index (χ3n) is 4.16. The van der Waals surface area contributed by atoms with E-state index < -0.39 is 16.5 Å². The molecule has 2 rings (SSSR count). The van der Waals surface area contributed by atoms with Crippen LogP contribution in [0, 0.1) is 16.0 Å². The number of esters is 1. The van der Waals surface area contributed by atoms with E-state index >= 15 is 0 Å². The normalized spacial score (nSPS) is 16.3. The first-order valence-corrected chi connectivity index (χ1v) is 7.68. The topological polar surface area (TPSA) is 86.0 Å². The molecular weight excluding hydrogens is 308 g/mol. The van der Waals surface area contributed by atoms with Crippen molar-refractivity contribution >= 4 is 23.3 Å². The molecule has 6 nitrogen and oxygen atoms in total. The summed E-state index contributed by atoms with van der Waals surface area (Å²) in [5, 5.41) is 13.2. The minimum Gasteiger partial charge on any atom is -0.456 e. The fraction of sp³-hybridized carbons (Fsp3) is 0.533. The number of benzene rings is 1. The SMILES string of the molecule is CC(C)(OC(=O)c1cc([N+](=O)[O-])ccc1Cl)C1CC[NH2+]CC1. The maximum atomic E-state index is 12.4. The third-order valence-corrected chi connectivity index (χ3v) is 4.49. The van der Waals surface area contributed by atoms with E-state index in [0.29, 0.717) is 0 Å². The number of nitro groups is 1. The largest absolute Gasteiger partial charge is 0.456 e. The minimum atomic E-state index is -0.626. The first-order valence-electron chi connectivity index (χ1n) is 7.30. The highest BCUT2D eigenvalue weighted by atomic mass is 35.5. The Bertz CT molecular complexity index is 583. The Hall–Kier alpha value is -1.66. The van der Waals surface area contributed by atoms with Crippen LogP contribution in [0.5, 0.6) is 0 Å². The summed E-state index contributed by atoms with van der Waals surface area (Å²) in [6.07, 6.45) is 1.95. The highest BCUT2D eigenvalue weighted by molar-refractivity contribution is 6.33. The first-order chi connectivity index (χ1) is 10.3. The third kappa shape index (κ3) is 3.75. The molecule has 1 aromatic carbocycles. The quantitative estimate of drug-likeness (QED) is 0.521. The van der Waals surface area contributed by atoms with Gasteiger partial charge >= 0.3 is 5.97 Å². The summed E-state index contributed by atoms with van der Waals surface area (Å²) < 4.78 is 5.62. The lowest BCUT2D eigenvalue weighted by molar-refractivity contribution is -0.665. The second kappa shape index (κ2) is 6.62. The van der Waals surface area contributed by atoms with E-state index in [4.69, 9.17) is 16.3 Å². The molecule has 0 aliphatic carbocycles. The zero-order valence-electron chi connectivity index (χ0n) is 12.7. The smallest absolute Gasteiger partial charge is 0.340 e. The van der Waals surface area contributed by atoms with Crippen LogP contribution >= 0.6 is 11.6 Å². The molecule has 1 aliphatic rings. The van der Waals surface area contributed by atoms with Crippen LogP contribution in [0.15, 0.2) is 18.2 Å². The Morgan fingerprint density at radius 2 is 2.05 bits per heavy atom. The molecule has 0 amide bonds.